The zero-order chi connectivity index (χ0) is 64.8. The van der Waals surface area contributed by atoms with Crippen LogP contribution in [-0.2, 0) is 65.5 Å². The molecule has 7 atom stereocenters. The van der Waals surface area contributed by atoms with Gasteiger partial charge in [-0.2, -0.15) is 0 Å². The van der Waals surface area contributed by atoms with Gasteiger partial charge in [0.15, 0.2) is 18.3 Å². The number of esters is 3. The SMILES string of the molecule is CCCCCCCCCCCCCC(=O)O[C@H](CCCCCCCCCCC)CC(=O)O[C@H]1[C@H](O)[C@@H](COC(=O)OCc2ccccc2)O[C@H](C(=O)OC(c2ccccc2)c2ccccc2)[C@@H]1NC(=O)C[C@@H](CCCCCCCCCCC)OCc1ccccc1. The monoisotopic (exact) mass is 1260 g/mol. The first-order valence-electron chi connectivity index (χ1n) is 35.4. The molecule has 0 aromatic heterocycles. The first-order chi connectivity index (χ1) is 44.6. The van der Waals surface area contributed by atoms with Gasteiger partial charge in [-0.25, -0.2) is 9.59 Å². The quantitative estimate of drug-likeness (QED) is 0.0242. The number of carbonyl (C=O) groups is 5. The Balaban J connectivity index is 1.42. The van der Waals surface area contributed by atoms with E-state index in [1.54, 1.807) is 12.1 Å². The largest absolute Gasteiger partial charge is 0.508 e. The summed E-state index contributed by atoms with van der Waals surface area (Å²) in [7, 11) is 0. The Kier molecular flexibility index (Phi) is 39.7. The van der Waals surface area contributed by atoms with Crippen molar-refractivity contribution in [3.8, 4) is 0 Å². The summed E-state index contributed by atoms with van der Waals surface area (Å²) in [5.74, 6) is -2.71. The van der Waals surface area contributed by atoms with E-state index >= 15 is 4.79 Å². The van der Waals surface area contributed by atoms with Gasteiger partial charge in [0.25, 0.3) is 0 Å². The molecule has 0 unspecified atom stereocenters. The zero-order valence-corrected chi connectivity index (χ0v) is 55.7. The van der Waals surface area contributed by atoms with E-state index < -0.39 is 85.3 Å². The standard InChI is InChI=1S/C77H113NO13/c1-4-7-10-13-16-19-20-23-26-29-44-55-69(80)88-66(54-43-28-25-22-18-15-12-9-6-3)57-70(81)90-74-71(78-68(79)56-65(85-58-61-45-34-30-35-46-61)53-42-27-24-21-17-14-11-8-5-2)75(76(83)91-73(63-49-38-32-39-50-63)64-51-40-33-41-52-64)89-67(72(74)82)60-87-77(84)86-59-62-47-36-31-37-48-62/h30-41,45-52,65-67,71-75,82H,4-29,42-44,53-60H2,1-3H3,(H,78,79)/t65-,66-,67-,71-,72-,74-,75+/m1/s1. The summed E-state index contributed by atoms with van der Waals surface area (Å²) in [6, 6.07) is 35.6. The number of amides is 1. The van der Waals surface area contributed by atoms with Crippen molar-refractivity contribution in [2.75, 3.05) is 6.61 Å². The van der Waals surface area contributed by atoms with Crippen molar-refractivity contribution in [3.05, 3.63) is 144 Å². The summed E-state index contributed by atoms with van der Waals surface area (Å²) in [6.45, 7) is 6.18. The van der Waals surface area contributed by atoms with Crippen molar-refractivity contribution >= 4 is 30.0 Å². The van der Waals surface area contributed by atoms with Crippen LogP contribution in [0.3, 0.4) is 0 Å². The van der Waals surface area contributed by atoms with Crippen LogP contribution in [0, 0.1) is 0 Å². The number of hydrogen-bond acceptors (Lipinski definition) is 13. The Labute approximate surface area is 546 Å². The van der Waals surface area contributed by atoms with E-state index in [0.29, 0.717) is 42.4 Å². The number of unbranched alkanes of at least 4 members (excludes halogenated alkanes) is 26. The maximum absolute atomic E-state index is 15.3. The third kappa shape index (κ3) is 32.4. The van der Waals surface area contributed by atoms with E-state index in [0.717, 1.165) is 76.2 Å². The first kappa shape index (κ1) is 75.6. The minimum absolute atomic E-state index is 0.101. The first-order valence-corrected chi connectivity index (χ1v) is 35.4. The van der Waals surface area contributed by atoms with Crippen LogP contribution >= 0.6 is 0 Å². The predicted octanol–water partition coefficient (Wildman–Crippen LogP) is 18.0. The normalized spacial score (nSPS) is 17.0. The van der Waals surface area contributed by atoms with Crippen molar-refractivity contribution in [1.82, 2.24) is 5.32 Å². The molecule has 2 N–H and O–H groups in total. The molecule has 1 aliphatic heterocycles. The Bertz CT molecular complexity index is 2480. The molecular formula is C77H113NO13. The minimum atomic E-state index is -1.79. The number of ether oxygens (including phenoxy) is 7. The van der Waals surface area contributed by atoms with Gasteiger partial charge in [-0.1, -0.05) is 315 Å². The van der Waals surface area contributed by atoms with Gasteiger partial charge < -0.3 is 43.6 Å². The highest BCUT2D eigenvalue weighted by atomic mass is 16.7. The Morgan fingerprint density at radius 3 is 1.38 bits per heavy atom. The molecule has 0 radical (unpaired) electrons. The van der Waals surface area contributed by atoms with Crippen molar-refractivity contribution in [1.29, 1.82) is 0 Å². The lowest BCUT2D eigenvalue weighted by Crippen LogP contribution is -2.67. The Morgan fingerprint density at radius 1 is 0.473 bits per heavy atom. The highest BCUT2D eigenvalue weighted by molar-refractivity contribution is 5.81. The molecule has 91 heavy (non-hydrogen) atoms. The van der Waals surface area contributed by atoms with Crippen LogP contribution in [0.2, 0.25) is 0 Å². The van der Waals surface area contributed by atoms with E-state index in [1.807, 2.05) is 109 Å². The lowest BCUT2D eigenvalue weighted by Gasteiger charge is -2.43. The second-order valence-corrected chi connectivity index (χ2v) is 25.1. The van der Waals surface area contributed by atoms with Crippen LogP contribution in [0.5, 0.6) is 0 Å². The lowest BCUT2D eigenvalue weighted by atomic mass is 9.91. The molecule has 14 heteroatoms. The fourth-order valence-electron chi connectivity index (χ4n) is 11.9. The van der Waals surface area contributed by atoms with Gasteiger partial charge in [-0.05, 0) is 47.9 Å². The van der Waals surface area contributed by atoms with Crippen LogP contribution in [-0.4, -0.2) is 84.3 Å². The Morgan fingerprint density at radius 2 is 0.901 bits per heavy atom. The number of benzene rings is 4. The molecule has 1 fully saturated rings. The average Bonchev–Trinajstić information content (AvgIpc) is 0.874. The number of aliphatic hydroxyl groups is 1. The van der Waals surface area contributed by atoms with Crippen LogP contribution in [0.25, 0.3) is 0 Å². The molecule has 1 amide bonds. The number of aliphatic hydroxyl groups excluding tert-OH is 1. The zero-order valence-electron chi connectivity index (χ0n) is 55.7. The molecule has 5 rings (SSSR count). The van der Waals surface area contributed by atoms with Crippen molar-refractivity contribution < 1.29 is 62.2 Å². The van der Waals surface area contributed by atoms with Crippen molar-refractivity contribution in [2.24, 2.45) is 0 Å². The molecule has 1 saturated heterocycles. The summed E-state index contributed by atoms with van der Waals surface area (Å²) >= 11 is 0. The summed E-state index contributed by atoms with van der Waals surface area (Å²) in [5.41, 5.74) is 2.95. The molecule has 0 spiro atoms. The third-order valence-corrected chi connectivity index (χ3v) is 17.2. The van der Waals surface area contributed by atoms with Crippen LogP contribution < -0.4 is 5.32 Å². The van der Waals surface area contributed by atoms with E-state index in [4.69, 9.17) is 33.2 Å². The van der Waals surface area contributed by atoms with Crippen molar-refractivity contribution in [3.63, 3.8) is 0 Å². The summed E-state index contributed by atoms with van der Waals surface area (Å²) in [4.78, 5) is 71.8. The molecule has 0 bridgehead atoms. The minimum Gasteiger partial charge on any atom is -0.462 e. The molecular weight excluding hydrogens is 1150 g/mol. The molecule has 4 aromatic rings. The van der Waals surface area contributed by atoms with Gasteiger partial charge in [-0.3, -0.25) is 14.4 Å². The highest BCUT2D eigenvalue weighted by Crippen LogP contribution is 2.32. The molecule has 1 heterocycles. The van der Waals surface area contributed by atoms with Crippen LogP contribution in [0.1, 0.15) is 267 Å². The summed E-state index contributed by atoms with van der Waals surface area (Å²) in [6.07, 6.45) is 23.0. The fraction of sp³-hybridized carbons (Fsp3) is 0.623. The second kappa shape index (κ2) is 47.7. The fourth-order valence-corrected chi connectivity index (χ4v) is 11.9. The lowest BCUT2D eigenvalue weighted by molar-refractivity contribution is -0.222. The predicted molar refractivity (Wildman–Crippen MR) is 359 cm³/mol. The van der Waals surface area contributed by atoms with Crippen LogP contribution in [0.4, 0.5) is 4.79 Å². The number of hydrogen-bond donors (Lipinski definition) is 2. The number of nitrogens with one attached hydrogen (secondary N) is 1. The van der Waals surface area contributed by atoms with E-state index in [1.165, 1.54) is 103 Å². The highest BCUT2D eigenvalue weighted by Gasteiger charge is 2.52. The third-order valence-electron chi connectivity index (χ3n) is 17.2. The maximum atomic E-state index is 15.3. The molecule has 504 valence electrons. The molecule has 14 nitrogen and oxygen atoms in total. The number of carbonyl (C=O) groups excluding carboxylic acids is 5. The van der Waals surface area contributed by atoms with Gasteiger partial charge in [0.1, 0.15) is 37.6 Å². The second-order valence-electron chi connectivity index (χ2n) is 25.1. The number of rotatable bonds is 50. The van der Waals surface area contributed by atoms with Gasteiger partial charge in [-0.15, -0.1) is 0 Å². The van der Waals surface area contributed by atoms with E-state index in [2.05, 4.69) is 26.1 Å². The summed E-state index contributed by atoms with van der Waals surface area (Å²) in [5, 5.41) is 15.5. The smallest absolute Gasteiger partial charge is 0.462 e. The van der Waals surface area contributed by atoms with Crippen molar-refractivity contribution in [2.45, 2.75) is 301 Å². The van der Waals surface area contributed by atoms with Gasteiger partial charge in [0.2, 0.25) is 5.91 Å². The molecule has 0 aliphatic carbocycles. The molecule has 4 aromatic carbocycles. The molecule has 1 aliphatic rings. The van der Waals surface area contributed by atoms with Gasteiger partial charge in [0, 0.05) is 6.42 Å². The average molecular weight is 1260 g/mol. The van der Waals surface area contributed by atoms with Gasteiger partial charge in [0.05, 0.1) is 25.6 Å². The maximum Gasteiger partial charge on any atom is 0.508 e. The van der Waals surface area contributed by atoms with Crippen LogP contribution in [0.15, 0.2) is 121 Å². The topological polar surface area (TPSA) is 182 Å². The van der Waals surface area contributed by atoms with E-state index in [9.17, 15) is 24.3 Å². The Hall–Kier alpha value is -6.09. The van der Waals surface area contributed by atoms with Gasteiger partial charge >= 0.3 is 24.1 Å². The van der Waals surface area contributed by atoms with E-state index in [-0.39, 0.29) is 32.5 Å². The summed E-state index contributed by atoms with van der Waals surface area (Å²) < 4.78 is 42.9. The molecule has 0 saturated carbocycles.